The molecule has 3 N–H and O–H groups in total. The van der Waals surface area contributed by atoms with Gasteiger partial charge in [-0.15, -0.1) is 0 Å². The Hall–Kier alpha value is -0.735. The molecular weight excluding hydrogens is 117 g/mol. The van der Waals surface area contributed by atoms with E-state index in [9.17, 15) is 0 Å². The lowest BCUT2D eigenvalue weighted by atomic mass is 9.92. The van der Waals surface area contributed by atoms with Gasteiger partial charge >= 0.3 is 7.12 Å². The average molecular weight is 127 g/mol. The highest BCUT2D eigenvalue weighted by molar-refractivity contribution is 6.41. The van der Waals surface area contributed by atoms with Gasteiger partial charge in [0.1, 0.15) is 0 Å². The summed E-state index contributed by atoms with van der Waals surface area (Å²) in [7, 11) is -1.33. The van der Waals surface area contributed by atoms with E-state index in [1.54, 1.807) is 0 Å². The number of allylic oxidation sites excluding steroid dienone is 1. The first kappa shape index (κ1) is 8.26. The number of nitrogens with one attached hydrogen (secondary N) is 1. The zero-order chi connectivity index (χ0) is 7.28. The Balaban J connectivity index is 3.27. The van der Waals surface area contributed by atoms with Crippen LogP contribution in [0.2, 0.25) is 0 Å². The van der Waals surface area contributed by atoms with Crippen molar-refractivity contribution in [3.8, 4) is 0 Å². The Morgan fingerprint density at radius 2 is 2.22 bits per heavy atom. The molecule has 0 aromatic carbocycles. The molecule has 0 saturated heterocycles. The molecule has 0 rings (SSSR count). The summed E-state index contributed by atoms with van der Waals surface area (Å²) in [5.41, 5.74) is 0.586. The summed E-state index contributed by atoms with van der Waals surface area (Å²) in [5, 5.41) is 19.2. The normalized spacial score (nSPS) is 8.22. The van der Waals surface area contributed by atoms with Gasteiger partial charge in [-0.2, -0.15) is 0 Å². The summed E-state index contributed by atoms with van der Waals surface area (Å²) in [6.07, 6.45) is 1.59. The van der Waals surface area contributed by atoms with Crippen LogP contribution in [0, 0.1) is 0 Å². The predicted octanol–water partition coefficient (Wildman–Crippen LogP) is -0.712. The van der Waals surface area contributed by atoms with Crippen molar-refractivity contribution in [2.24, 2.45) is 0 Å². The van der Waals surface area contributed by atoms with Crippen LogP contribution in [0.1, 0.15) is 0 Å². The van der Waals surface area contributed by atoms with Crippen LogP contribution >= 0.6 is 0 Å². The van der Waals surface area contributed by atoms with Crippen molar-refractivity contribution < 1.29 is 10.0 Å². The average Bonchev–Trinajstić information content (AvgIpc) is 1.83. The molecule has 3 nitrogen and oxygen atoms in total. The molecule has 4 heteroatoms. The third-order valence-corrected chi connectivity index (χ3v) is 0.758. The summed E-state index contributed by atoms with van der Waals surface area (Å²) in [6.45, 7) is 6.91. The molecule has 0 aliphatic rings. The van der Waals surface area contributed by atoms with Crippen molar-refractivity contribution in [1.29, 1.82) is 0 Å². The van der Waals surface area contributed by atoms with E-state index in [2.05, 4.69) is 18.5 Å². The van der Waals surface area contributed by atoms with Crippen molar-refractivity contribution in [3.05, 3.63) is 24.9 Å². The highest BCUT2D eigenvalue weighted by Gasteiger charge is 2.03. The first-order valence-corrected chi connectivity index (χ1v) is 2.58. The molecule has 0 heterocycles. The monoisotopic (exact) mass is 127 g/mol. The van der Waals surface area contributed by atoms with Gasteiger partial charge in [0.25, 0.3) is 0 Å². The molecule has 9 heavy (non-hydrogen) atoms. The lowest BCUT2D eigenvalue weighted by molar-refractivity contribution is 0.403. The summed E-state index contributed by atoms with van der Waals surface area (Å²) in [4.78, 5) is 0. The molecule has 0 unspecified atom stereocenters. The molecule has 0 aromatic rings. The highest BCUT2D eigenvalue weighted by atomic mass is 16.4. The van der Waals surface area contributed by atoms with Gasteiger partial charge < -0.3 is 15.4 Å². The fourth-order valence-corrected chi connectivity index (χ4v) is 0.295. The van der Waals surface area contributed by atoms with Crippen LogP contribution in [0.3, 0.4) is 0 Å². The topological polar surface area (TPSA) is 52.5 Å². The minimum atomic E-state index is -1.33. The maximum absolute atomic E-state index is 8.31. The van der Waals surface area contributed by atoms with E-state index in [1.807, 2.05) is 0 Å². The fraction of sp³-hybridized carbons (Fsp3) is 0.200. The first-order chi connectivity index (χ1) is 4.16. The quantitative estimate of drug-likeness (QED) is 0.345. The second kappa shape index (κ2) is 4.17. The van der Waals surface area contributed by atoms with Crippen molar-refractivity contribution in [2.45, 2.75) is 0 Å². The molecule has 0 aliphatic carbocycles. The van der Waals surface area contributed by atoms with Crippen LogP contribution in [-0.2, 0) is 0 Å². The summed E-state index contributed by atoms with van der Waals surface area (Å²) in [5.74, 6) is 0. The maximum atomic E-state index is 8.31. The minimum Gasteiger partial charge on any atom is -0.426 e. The summed E-state index contributed by atoms with van der Waals surface area (Å²) in [6, 6.07) is 0. The van der Waals surface area contributed by atoms with E-state index in [0.717, 1.165) is 0 Å². The van der Waals surface area contributed by atoms with Gasteiger partial charge in [-0.1, -0.05) is 13.2 Å². The molecule has 0 fully saturated rings. The van der Waals surface area contributed by atoms with Gasteiger partial charge in [0.15, 0.2) is 0 Å². The van der Waals surface area contributed by atoms with Crippen LogP contribution in [-0.4, -0.2) is 23.6 Å². The number of hydrogen-bond acceptors (Lipinski definition) is 3. The maximum Gasteiger partial charge on any atom is 0.471 e. The molecule has 0 atom stereocenters. The Morgan fingerprint density at radius 1 is 1.67 bits per heavy atom. The minimum absolute atomic E-state index is 0.0881. The fourth-order valence-electron chi connectivity index (χ4n) is 0.295. The molecule has 0 aliphatic heterocycles. The van der Waals surface area contributed by atoms with Crippen LogP contribution < -0.4 is 5.32 Å². The lowest BCUT2D eigenvalue weighted by Gasteiger charge is -2.02. The summed E-state index contributed by atoms with van der Waals surface area (Å²) >= 11 is 0. The molecule has 0 saturated carbocycles. The smallest absolute Gasteiger partial charge is 0.426 e. The van der Waals surface area contributed by atoms with Crippen molar-refractivity contribution in [3.63, 3.8) is 0 Å². The summed E-state index contributed by atoms with van der Waals surface area (Å²) < 4.78 is 0. The largest absolute Gasteiger partial charge is 0.471 e. The molecule has 0 radical (unpaired) electrons. The Morgan fingerprint density at radius 3 is 2.56 bits per heavy atom. The van der Waals surface area contributed by atoms with E-state index in [4.69, 9.17) is 10.0 Å². The van der Waals surface area contributed by atoms with Gasteiger partial charge in [0, 0.05) is 12.1 Å². The van der Waals surface area contributed by atoms with E-state index in [0.29, 0.717) is 5.70 Å². The Labute approximate surface area is 54.9 Å². The van der Waals surface area contributed by atoms with Crippen molar-refractivity contribution >= 4 is 7.12 Å². The number of hydrogen-bond donors (Lipinski definition) is 3. The van der Waals surface area contributed by atoms with Gasteiger partial charge in [0.2, 0.25) is 0 Å². The van der Waals surface area contributed by atoms with Gasteiger partial charge in [-0.25, -0.2) is 0 Å². The predicted molar refractivity (Wildman–Crippen MR) is 37.5 cm³/mol. The Kier molecular flexibility index (Phi) is 3.83. The van der Waals surface area contributed by atoms with Crippen LogP contribution in [0.25, 0.3) is 0 Å². The molecular formula is C5H10BNO2. The molecule has 0 spiro atoms. The Bertz CT molecular complexity index is 114. The van der Waals surface area contributed by atoms with E-state index in [1.165, 1.54) is 6.08 Å². The van der Waals surface area contributed by atoms with Crippen LogP contribution in [0.4, 0.5) is 0 Å². The first-order valence-electron chi connectivity index (χ1n) is 2.58. The van der Waals surface area contributed by atoms with Gasteiger partial charge in [0.05, 0.1) is 0 Å². The van der Waals surface area contributed by atoms with Crippen LogP contribution in [0.15, 0.2) is 24.9 Å². The number of rotatable bonds is 4. The lowest BCUT2D eigenvalue weighted by Crippen LogP contribution is -2.29. The molecule has 0 aromatic heterocycles. The second-order valence-electron chi connectivity index (χ2n) is 1.59. The standard InChI is InChI=1S/C5H10BNO2/c1-3-5(2)7-4-6(8)9/h3,7-9H,1-2,4H2. The van der Waals surface area contributed by atoms with E-state index < -0.39 is 7.12 Å². The highest BCUT2D eigenvalue weighted by Crippen LogP contribution is 1.81. The van der Waals surface area contributed by atoms with Gasteiger partial charge in [-0.3, -0.25) is 0 Å². The third kappa shape index (κ3) is 5.13. The van der Waals surface area contributed by atoms with Gasteiger partial charge in [-0.05, 0) is 6.08 Å². The van der Waals surface area contributed by atoms with E-state index >= 15 is 0 Å². The molecule has 0 bridgehead atoms. The second-order valence-corrected chi connectivity index (χ2v) is 1.59. The van der Waals surface area contributed by atoms with Crippen molar-refractivity contribution in [2.75, 3.05) is 6.44 Å². The molecule has 0 amide bonds. The van der Waals surface area contributed by atoms with Crippen molar-refractivity contribution in [1.82, 2.24) is 5.32 Å². The molecule has 50 valence electrons. The van der Waals surface area contributed by atoms with Crippen LogP contribution in [0.5, 0.6) is 0 Å². The zero-order valence-corrected chi connectivity index (χ0v) is 5.17. The SMILES string of the molecule is C=CC(=C)NCB(O)O. The van der Waals surface area contributed by atoms with E-state index in [-0.39, 0.29) is 6.44 Å². The zero-order valence-electron chi connectivity index (χ0n) is 5.17. The third-order valence-electron chi connectivity index (χ3n) is 0.758.